The number of piperazine rings is 1. The third-order valence-electron chi connectivity index (χ3n) is 3.41. The highest BCUT2D eigenvalue weighted by atomic mass is 32.2. The summed E-state index contributed by atoms with van der Waals surface area (Å²) in [5.74, 6) is 0. The summed E-state index contributed by atoms with van der Waals surface area (Å²) in [6.07, 6.45) is 5.57. The Hall–Kier alpha value is -1.17. The lowest BCUT2D eigenvalue weighted by Gasteiger charge is -2.29. The maximum atomic E-state index is 11.4. The first-order valence-electron chi connectivity index (χ1n) is 6.56. The Bertz CT molecular complexity index is 518. The third-order valence-corrected chi connectivity index (χ3v) is 4.72. The molecule has 0 amide bonds. The molecule has 0 spiro atoms. The number of benzene rings is 1. The van der Waals surface area contributed by atoms with E-state index in [9.17, 15) is 8.42 Å². The number of nitrogens with zero attached hydrogens (tertiary/aromatic N) is 1. The summed E-state index contributed by atoms with van der Waals surface area (Å²) in [7, 11) is -3.01. The van der Waals surface area contributed by atoms with Gasteiger partial charge in [0.1, 0.15) is 0 Å². The van der Waals surface area contributed by atoms with Crippen LogP contribution in [0.25, 0.3) is 6.08 Å². The van der Waals surface area contributed by atoms with Crippen LogP contribution in [0.15, 0.2) is 36.4 Å². The van der Waals surface area contributed by atoms with Crippen molar-refractivity contribution in [3.63, 3.8) is 0 Å². The monoisotopic (exact) mass is 281 g/mol. The minimum atomic E-state index is -3.01. The zero-order valence-corrected chi connectivity index (χ0v) is 12.1. The summed E-state index contributed by atoms with van der Waals surface area (Å²) in [5, 5.41) is 0. The molecule has 4 nitrogen and oxygen atoms in total. The van der Waals surface area contributed by atoms with Crippen LogP contribution < -0.4 is 4.90 Å². The van der Waals surface area contributed by atoms with E-state index in [0.717, 1.165) is 19.6 Å². The number of quaternary nitrogens is 1. The van der Waals surface area contributed by atoms with Gasteiger partial charge in [0.25, 0.3) is 0 Å². The Balaban J connectivity index is 1.79. The molecule has 1 N–H and O–H groups in total. The van der Waals surface area contributed by atoms with Crippen LogP contribution in [0.5, 0.6) is 0 Å². The summed E-state index contributed by atoms with van der Waals surface area (Å²) in [6, 6.07) is 10.2. The van der Waals surface area contributed by atoms with E-state index in [1.54, 1.807) is 4.31 Å². The molecule has 1 aromatic rings. The molecule has 1 aromatic carbocycles. The SMILES string of the molecule is CS(=O)(=O)N1CC[NH+](C/C=C/c2ccccc2)CC1. The predicted octanol–water partition coefficient (Wildman–Crippen LogP) is -0.140. The van der Waals surface area contributed by atoms with Crippen molar-refractivity contribution >= 4 is 16.1 Å². The number of hydrogen-bond acceptors (Lipinski definition) is 2. The molecule has 1 aliphatic rings. The molecular weight excluding hydrogens is 260 g/mol. The van der Waals surface area contributed by atoms with Crippen LogP contribution in [0.3, 0.4) is 0 Å². The highest BCUT2D eigenvalue weighted by molar-refractivity contribution is 7.88. The summed E-state index contributed by atoms with van der Waals surface area (Å²) in [6.45, 7) is 3.98. The second kappa shape index (κ2) is 6.32. The normalized spacial score (nSPS) is 19.0. The Labute approximate surface area is 115 Å². The quantitative estimate of drug-likeness (QED) is 0.835. The first kappa shape index (κ1) is 14.2. The van der Waals surface area contributed by atoms with Gasteiger partial charge in [-0.1, -0.05) is 36.4 Å². The van der Waals surface area contributed by atoms with E-state index in [0.29, 0.717) is 13.1 Å². The average molecular weight is 281 g/mol. The molecular formula is C14H21N2O2S+. The predicted molar refractivity (Wildman–Crippen MR) is 77.5 cm³/mol. The number of nitrogens with one attached hydrogen (secondary N) is 1. The van der Waals surface area contributed by atoms with Crippen LogP contribution in [0, 0.1) is 0 Å². The van der Waals surface area contributed by atoms with Gasteiger partial charge in [-0.2, -0.15) is 4.31 Å². The van der Waals surface area contributed by atoms with Crippen molar-refractivity contribution in [1.29, 1.82) is 0 Å². The Morgan fingerprint density at radius 3 is 2.42 bits per heavy atom. The van der Waals surface area contributed by atoms with Crippen LogP contribution >= 0.6 is 0 Å². The van der Waals surface area contributed by atoms with Crippen LogP contribution in [0.1, 0.15) is 5.56 Å². The van der Waals surface area contributed by atoms with Crippen molar-refractivity contribution in [3.8, 4) is 0 Å². The van der Waals surface area contributed by atoms with Gasteiger partial charge in [-0.05, 0) is 11.6 Å². The van der Waals surface area contributed by atoms with E-state index in [-0.39, 0.29) is 0 Å². The van der Waals surface area contributed by atoms with E-state index < -0.39 is 10.0 Å². The van der Waals surface area contributed by atoms with Gasteiger partial charge in [-0.15, -0.1) is 0 Å². The minimum absolute atomic E-state index is 0.632. The van der Waals surface area contributed by atoms with Crippen molar-refractivity contribution in [1.82, 2.24) is 4.31 Å². The summed E-state index contributed by atoms with van der Waals surface area (Å²) in [5.41, 5.74) is 1.21. The molecule has 5 heteroatoms. The number of sulfonamides is 1. The molecule has 104 valence electrons. The molecule has 0 aliphatic carbocycles. The van der Waals surface area contributed by atoms with Crippen LogP contribution in [0.2, 0.25) is 0 Å². The van der Waals surface area contributed by atoms with Gasteiger partial charge in [0, 0.05) is 0 Å². The highest BCUT2D eigenvalue weighted by Crippen LogP contribution is 2.00. The lowest BCUT2D eigenvalue weighted by molar-refractivity contribution is -0.897. The van der Waals surface area contributed by atoms with Gasteiger partial charge in [-0.3, -0.25) is 0 Å². The molecule has 1 saturated heterocycles. The van der Waals surface area contributed by atoms with Crippen molar-refractivity contribution in [3.05, 3.63) is 42.0 Å². The van der Waals surface area contributed by atoms with Crippen LogP contribution in [-0.4, -0.2) is 51.7 Å². The van der Waals surface area contributed by atoms with Gasteiger partial charge in [0.2, 0.25) is 10.0 Å². The molecule has 0 aromatic heterocycles. The standard InChI is InChI=1S/C14H20N2O2S/c1-19(17,18)16-12-10-15(11-13-16)9-5-8-14-6-3-2-4-7-14/h2-8H,9-13H2,1H3/p+1/b8-5+. The lowest BCUT2D eigenvalue weighted by atomic mass is 10.2. The molecule has 2 rings (SSSR count). The maximum absolute atomic E-state index is 11.4. The third kappa shape index (κ3) is 4.45. The second-order valence-corrected chi connectivity index (χ2v) is 6.91. The first-order chi connectivity index (χ1) is 9.05. The molecule has 0 bridgehead atoms. The van der Waals surface area contributed by atoms with Gasteiger partial charge in [0.15, 0.2) is 0 Å². The minimum Gasteiger partial charge on any atom is -0.329 e. The summed E-state index contributed by atoms with van der Waals surface area (Å²) < 4.78 is 24.4. The largest absolute Gasteiger partial charge is 0.329 e. The molecule has 19 heavy (non-hydrogen) atoms. The molecule has 0 radical (unpaired) electrons. The van der Waals surface area contributed by atoms with E-state index in [1.807, 2.05) is 18.2 Å². The van der Waals surface area contributed by atoms with E-state index >= 15 is 0 Å². The molecule has 1 aliphatic heterocycles. The van der Waals surface area contributed by atoms with Crippen molar-refractivity contribution in [2.24, 2.45) is 0 Å². The highest BCUT2D eigenvalue weighted by Gasteiger charge is 2.24. The Kier molecular flexibility index (Phi) is 4.74. The molecule has 1 heterocycles. The van der Waals surface area contributed by atoms with Crippen LogP contribution in [0.4, 0.5) is 0 Å². The number of hydrogen-bond donors (Lipinski definition) is 1. The van der Waals surface area contributed by atoms with Crippen LogP contribution in [-0.2, 0) is 10.0 Å². The van der Waals surface area contributed by atoms with E-state index in [4.69, 9.17) is 0 Å². The lowest BCUT2D eigenvalue weighted by Crippen LogP contribution is -3.14. The van der Waals surface area contributed by atoms with E-state index in [2.05, 4.69) is 24.3 Å². The average Bonchev–Trinajstić information content (AvgIpc) is 2.39. The topological polar surface area (TPSA) is 41.8 Å². The van der Waals surface area contributed by atoms with Crippen molar-refractivity contribution < 1.29 is 13.3 Å². The smallest absolute Gasteiger partial charge is 0.211 e. The molecule has 0 atom stereocenters. The zero-order chi connectivity index (χ0) is 13.7. The van der Waals surface area contributed by atoms with Crippen molar-refractivity contribution in [2.75, 3.05) is 39.0 Å². The van der Waals surface area contributed by atoms with Gasteiger partial charge >= 0.3 is 0 Å². The van der Waals surface area contributed by atoms with E-state index in [1.165, 1.54) is 16.7 Å². The zero-order valence-electron chi connectivity index (χ0n) is 11.2. The summed E-state index contributed by atoms with van der Waals surface area (Å²) in [4.78, 5) is 1.44. The Morgan fingerprint density at radius 1 is 1.21 bits per heavy atom. The van der Waals surface area contributed by atoms with Gasteiger partial charge in [-0.25, -0.2) is 8.42 Å². The second-order valence-electron chi connectivity index (χ2n) is 4.93. The Morgan fingerprint density at radius 2 is 1.84 bits per heavy atom. The van der Waals surface area contributed by atoms with Crippen molar-refractivity contribution in [2.45, 2.75) is 0 Å². The van der Waals surface area contributed by atoms with Gasteiger partial charge < -0.3 is 4.90 Å². The number of rotatable bonds is 4. The summed E-state index contributed by atoms with van der Waals surface area (Å²) >= 11 is 0. The fourth-order valence-electron chi connectivity index (χ4n) is 2.26. The fourth-order valence-corrected chi connectivity index (χ4v) is 3.11. The fraction of sp³-hybridized carbons (Fsp3) is 0.429. The molecule has 0 saturated carbocycles. The van der Waals surface area contributed by atoms with Gasteiger partial charge in [0.05, 0.1) is 39.0 Å². The molecule has 0 unspecified atom stereocenters. The molecule has 1 fully saturated rings. The first-order valence-corrected chi connectivity index (χ1v) is 8.41. The maximum Gasteiger partial charge on any atom is 0.211 e.